The molecule has 0 unspecified atom stereocenters. The first kappa shape index (κ1) is 8.75. The third kappa shape index (κ3) is 1.31. The number of halogens is 2. The minimum absolute atomic E-state index is 0.0828. The first-order chi connectivity index (χ1) is 5.70. The Kier molecular flexibility index (Phi) is 2.46. The van der Waals surface area contributed by atoms with Gasteiger partial charge in [0.15, 0.2) is 16.7 Å². The number of nitriles is 1. The number of ether oxygens (including phenoxy) is 1. The molecule has 0 fully saturated rings. The first-order valence-corrected chi connectivity index (χ1v) is 3.36. The molecular weight excluding hydrogens is 183 g/mol. The fourth-order valence-corrected chi connectivity index (χ4v) is 0.850. The van der Waals surface area contributed by atoms with Crippen molar-refractivity contribution in [1.82, 2.24) is 4.98 Å². The van der Waals surface area contributed by atoms with Crippen molar-refractivity contribution in [3.05, 3.63) is 22.7 Å². The topological polar surface area (TPSA) is 45.9 Å². The molecule has 0 saturated heterocycles. The SMILES string of the molecule is COc1cnc(Cl)c(F)c1C#N. The molecule has 1 heterocycles. The zero-order valence-electron chi connectivity index (χ0n) is 6.14. The Labute approximate surface area is 73.4 Å². The van der Waals surface area contributed by atoms with Crippen LogP contribution in [0.1, 0.15) is 5.56 Å². The molecule has 3 nitrogen and oxygen atoms in total. The Hall–Kier alpha value is -1.34. The van der Waals surface area contributed by atoms with E-state index in [0.29, 0.717) is 0 Å². The smallest absolute Gasteiger partial charge is 0.181 e. The molecule has 0 saturated carbocycles. The maximum Gasteiger partial charge on any atom is 0.181 e. The van der Waals surface area contributed by atoms with Gasteiger partial charge in [-0.15, -0.1) is 0 Å². The highest BCUT2D eigenvalue weighted by atomic mass is 35.5. The molecule has 12 heavy (non-hydrogen) atoms. The summed E-state index contributed by atoms with van der Waals surface area (Å²) in [5.41, 5.74) is -0.225. The van der Waals surface area contributed by atoms with Crippen LogP contribution in [0.25, 0.3) is 0 Å². The van der Waals surface area contributed by atoms with Crippen LogP contribution in [0.2, 0.25) is 5.15 Å². The number of pyridine rings is 1. The summed E-state index contributed by atoms with van der Waals surface area (Å²) in [6.07, 6.45) is 1.20. The molecule has 62 valence electrons. The van der Waals surface area contributed by atoms with Gasteiger partial charge in [-0.2, -0.15) is 5.26 Å². The van der Waals surface area contributed by atoms with E-state index in [1.807, 2.05) is 0 Å². The van der Waals surface area contributed by atoms with E-state index in [9.17, 15) is 4.39 Å². The number of aromatic nitrogens is 1. The number of hydrogen-bond acceptors (Lipinski definition) is 3. The zero-order chi connectivity index (χ0) is 9.14. The molecule has 0 N–H and O–H groups in total. The van der Waals surface area contributed by atoms with Crippen molar-refractivity contribution in [2.75, 3.05) is 7.11 Å². The van der Waals surface area contributed by atoms with Crippen molar-refractivity contribution in [2.24, 2.45) is 0 Å². The van der Waals surface area contributed by atoms with Crippen LogP contribution >= 0.6 is 11.6 Å². The van der Waals surface area contributed by atoms with Gasteiger partial charge in [0.25, 0.3) is 0 Å². The lowest BCUT2D eigenvalue weighted by atomic mass is 10.2. The van der Waals surface area contributed by atoms with E-state index in [-0.39, 0.29) is 16.5 Å². The minimum atomic E-state index is -0.849. The van der Waals surface area contributed by atoms with Gasteiger partial charge in [-0.05, 0) is 0 Å². The van der Waals surface area contributed by atoms with Crippen LogP contribution in [0, 0.1) is 17.1 Å². The van der Waals surface area contributed by atoms with Gasteiger partial charge in [0.2, 0.25) is 0 Å². The summed E-state index contributed by atoms with van der Waals surface area (Å²) >= 11 is 5.33. The summed E-state index contributed by atoms with van der Waals surface area (Å²) in [5.74, 6) is -0.766. The molecule has 1 aromatic heterocycles. The Bertz CT molecular complexity index is 348. The highest BCUT2D eigenvalue weighted by Crippen LogP contribution is 2.23. The van der Waals surface area contributed by atoms with Crippen molar-refractivity contribution in [3.8, 4) is 11.8 Å². The van der Waals surface area contributed by atoms with Crippen LogP contribution in [0.5, 0.6) is 5.75 Å². The molecule has 0 aromatic carbocycles. The van der Waals surface area contributed by atoms with Crippen LogP contribution in [0.4, 0.5) is 4.39 Å². The number of rotatable bonds is 1. The fraction of sp³-hybridized carbons (Fsp3) is 0.143. The Morgan fingerprint density at radius 2 is 2.42 bits per heavy atom. The second-order valence-electron chi connectivity index (χ2n) is 1.92. The van der Waals surface area contributed by atoms with Gasteiger partial charge in [0.05, 0.1) is 13.3 Å². The predicted octanol–water partition coefficient (Wildman–Crippen LogP) is 1.75. The average molecular weight is 187 g/mol. The molecule has 0 aliphatic carbocycles. The van der Waals surface area contributed by atoms with Crippen molar-refractivity contribution in [3.63, 3.8) is 0 Å². The van der Waals surface area contributed by atoms with Gasteiger partial charge in [-0.25, -0.2) is 9.37 Å². The molecule has 0 aliphatic heterocycles. The molecular formula is C7H4ClFN2O. The quantitative estimate of drug-likeness (QED) is 0.628. The highest BCUT2D eigenvalue weighted by Gasteiger charge is 2.13. The van der Waals surface area contributed by atoms with Crippen LogP contribution in [0.3, 0.4) is 0 Å². The molecule has 1 rings (SSSR count). The predicted molar refractivity (Wildman–Crippen MR) is 40.5 cm³/mol. The lowest BCUT2D eigenvalue weighted by Crippen LogP contribution is -1.94. The van der Waals surface area contributed by atoms with Crippen molar-refractivity contribution >= 4 is 11.6 Å². The summed E-state index contributed by atoms with van der Waals surface area (Å²) in [4.78, 5) is 3.47. The standard InChI is InChI=1S/C7H4ClFN2O/c1-12-5-3-11-7(8)6(9)4(5)2-10/h3H,1H3. The third-order valence-electron chi connectivity index (χ3n) is 1.27. The van der Waals surface area contributed by atoms with Crippen LogP contribution in [-0.2, 0) is 0 Å². The maximum absolute atomic E-state index is 13.0. The monoisotopic (exact) mass is 186 g/mol. The fourth-order valence-electron chi connectivity index (χ4n) is 0.707. The summed E-state index contributed by atoms with van der Waals surface area (Å²) in [7, 11) is 1.32. The Balaban J connectivity index is 3.38. The van der Waals surface area contributed by atoms with Crippen molar-refractivity contribution < 1.29 is 9.13 Å². The lowest BCUT2D eigenvalue weighted by molar-refractivity contribution is 0.407. The normalized spacial score (nSPS) is 9.17. The van der Waals surface area contributed by atoms with Gasteiger partial charge in [-0.1, -0.05) is 11.6 Å². The van der Waals surface area contributed by atoms with Gasteiger partial charge in [0.1, 0.15) is 11.6 Å². The second-order valence-corrected chi connectivity index (χ2v) is 2.28. The van der Waals surface area contributed by atoms with Crippen molar-refractivity contribution in [1.29, 1.82) is 5.26 Å². The molecule has 0 bridgehead atoms. The van der Waals surface area contributed by atoms with E-state index in [1.165, 1.54) is 13.3 Å². The van der Waals surface area contributed by atoms with Crippen LogP contribution < -0.4 is 4.74 Å². The van der Waals surface area contributed by atoms with E-state index in [1.54, 1.807) is 6.07 Å². The molecule has 0 aliphatic rings. The number of methoxy groups -OCH3 is 1. The largest absolute Gasteiger partial charge is 0.494 e. The molecule has 1 aromatic rings. The van der Waals surface area contributed by atoms with E-state index >= 15 is 0 Å². The Morgan fingerprint density at radius 3 is 2.92 bits per heavy atom. The van der Waals surface area contributed by atoms with Crippen LogP contribution in [0.15, 0.2) is 6.20 Å². The molecule has 0 amide bonds. The van der Waals surface area contributed by atoms with E-state index in [0.717, 1.165) is 0 Å². The van der Waals surface area contributed by atoms with E-state index in [4.69, 9.17) is 16.9 Å². The minimum Gasteiger partial charge on any atom is -0.494 e. The van der Waals surface area contributed by atoms with Gasteiger partial charge < -0.3 is 4.74 Å². The number of nitrogens with zero attached hydrogens (tertiary/aromatic N) is 2. The van der Waals surface area contributed by atoms with Crippen LogP contribution in [-0.4, -0.2) is 12.1 Å². The van der Waals surface area contributed by atoms with E-state index in [2.05, 4.69) is 9.72 Å². The first-order valence-electron chi connectivity index (χ1n) is 2.98. The van der Waals surface area contributed by atoms with E-state index < -0.39 is 5.82 Å². The lowest BCUT2D eigenvalue weighted by Gasteiger charge is -2.02. The molecule has 0 atom stereocenters. The highest BCUT2D eigenvalue weighted by molar-refractivity contribution is 6.29. The third-order valence-corrected chi connectivity index (χ3v) is 1.54. The van der Waals surface area contributed by atoms with Gasteiger partial charge >= 0.3 is 0 Å². The average Bonchev–Trinajstić information content (AvgIpc) is 2.09. The summed E-state index contributed by atoms with van der Waals surface area (Å²) in [6, 6.07) is 1.63. The van der Waals surface area contributed by atoms with Gasteiger partial charge in [-0.3, -0.25) is 0 Å². The Morgan fingerprint density at radius 1 is 1.75 bits per heavy atom. The zero-order valence-corrected chi connectivity index (χ0v) is 6.89. The summed E-state index contributed by atoms with van der Waals surface area (Å²) < 4.78 is 17.6. The van der Waals surface area contributed by atoms with Crippen molar-refractivity contribution in [2.45, 2.75) is 0 Å². The number of hydrogen-bond donors (Lipinski definition) is 0. The second kappa shape index (κ2) is 3.37. The summed E-state index contributed by atoms with van der Waals surface area (Å²) in [6.45, 7) is 0. The molecule has 5 heteroatoms. The molecule has 0 radical (unpaired) electrons. The molecule has 0 spiro atoms. The summed E-state index contributed by atoms with van der Waals surface area (Å²) in [5, 5.41) is 8.17. The van der Waals surface area contributed by atoms with Gasteiger partial charge in [0, 0.05) is 0 Å². The maximum atomic E-state index is 13.0.